The first-order chi connectivity index (χ1) is 14.2. The van der Waals surface area contributed by atoms with E-state index in [9.17, 15) is 10.1 Å². The fourth-order valence-electron chi connectivity index (χ4n) is 4.39. The minimum absolute atomic E-state index is 0.101. The SMILES string of the molecule is CCc1ccccc1C(=O)N1CCOC2(CCN(c3ncccc3C#N)CC2)C1. The van der Waals surface area contributed by atoms with Crippen LogP contribution in [0.3, 0.4) is 0 Å². The lowest BCUT2D eigenvalue weighted by molar-refractivity contribution is -0.111. The first-order valence-corrected chi connectivity index (χ1v) is 10.3. The fraction of sp³-hybridized carbons (Fsp3) is 0.435. The highest BCUT2D eigenvalue weighted by Crippen LogP contribution is 2.33. The molecule has 0 unspecified atom stereocenters. The number of benzene rings is 1. The molecular formula is C23H26N4O2. The molecule has 0 atom stereocenters. The summed E-state index contributed by atoms with van der Waals surface area (Å²) >= 11 is 0. The topological polar surface area (TPSA) is 69.5 Å². The lowest BCUT2D eigenvalue weighted by Crippen LogP contribution is -2.58. The van der Waals surface area contributed by atoms with Crippen LogP contribution in [0.1, 0.15) is 41.3 Å². The molecule has 1 aromatic carbocycles. The molecule has 2 aliphatic heterocycles. The largest absolute Gasteiger partial charge is 0.371 e. The minimum atomic E-state index is -0.312. The van der Waals surface area contributed by atoms with E-state index in [0.717, 1.165) is 49.3 Å². The van der Waals surface area contributed by atoms with Crippen molar-refractivity contribution in [2.24, 2.45) is 0 Å². The summed E-state index contributed by atoms with van der Waals surface area (Å²) < 4.78 is 6.21. The van der Waals surface area contributed by atoms with Gasteiger partial charge < -0.3 is 14.5 Å². The van der Waals surface area contributed by atoms with Crippen LogP contribution in [0, 0.1) is 11.3 Å². The summed E-state index contributed by atoms with van der Waals surface area (Å²) in [5.74, 6) is 0.842. The number of nitrogens with zero attached hydrogens (tertiary/aromatic N) is 4. The Balaban J connectivity index is 1.46. The van der Waals surface area contributed by atoms with Gasteiger partial charge in [-0.1, -0.05) is 25.1 Å². The second kappa shape index (κ2) is 8.22. The van der Waals surface area contributed by atoms with Crippen LogP contribution in [0.15, 0.2) is 42.6 Å². The number of carbonyl (C=O) groups excluding carboxylic acids is 1. The van der Waals surface area contributed by atoms with Gasteiger partial charge >= 0.3 is 0 Å². The van der Waals surface area contributed by atoms with E-state index in [1.54, 1.807) is 18.3 Å². The Labute approximate surface area is 171 Å². The standard InChI is InChI=1S/C23H26N4O2/c1-2-18-6-3-4-8-20(18)22(28)27-14-15-29-23(17-27)9-12-26(13-10-23)21-19(16-24)7-5-11-25-21/h3-8,11H,2,9-10,12-15,17H2,1H3. The van der Waals surface area contributed by atoms with Crippen molar-refractivity contribution in [1.29, 1.82) is 5.26 Å². The molecule has 1 spiro atoms. The lowest BCUT2D eigenvalue weighted by atomic mass is 9.88. The molecule has 4 rings (SSSR count). The van der Waals surface area contributed by atoms with Crippen molar-refractivity contribution in [3.05, 3.63) is 59.3 Å². The van der Waals surface area contributed by atoms with Gasteiger partial charge in [0.25, 0.3) is 5.91 Å². The van der Waals surface area contributed by atoms with Crippen molar-refractivity contribution in [3.8, 4) is 6.07 Å². The van der Waals surface area contributed by atoms with Crippen LogP contribution in [0.2, 0.25) is 0 Å². The maximum Gasteiger partial charge on any atom is 0.254 e. The number of amides is 1. The van der Waals surface area contributed by atoms with Crippen molar-refractivity contribution in [2.75, 3.05) is 37.7 Å². The normalized spacial score (nSPS) is 18.5. The van der Waals surface area contributed by atoms with Crippen LogP contribution in [0.5, 0.6) is 0 Å². The monoisotopic (exact) mass is 390 g/mol. The molecule has 0 bridgehead atoms. The van der Waals surface area contributed by atoms with Crippen LogP contribution in [-0.4, -0.2) is 54.2 Å². The predicted molar refractivity (Wildman–Crippen MR) is 111 cm³/mol. The van der Waals surface area contributed by atoms with Crippen LogP contribution < -0.4 is 4.90 Å². The Hall–Kier alpha value is -2.91. The number of nitriles is 1. The van der Waals surface area contributed by atoms with E-state index < -0.39 is 0 Å². The van der Waals surface area contributed by atoms with Gasteiger partial charge in [-0.2, -0.15) is 5.26 Å². The molecule has 29 heavy (non-hydrogen) atoms. The molecular weight excluding hydrogens is 364 g/mol. The molecule has 150 valence electrons. The highest BCUT2D eigenvalue weighted by molar-refractivity contribution is 5.95. The predicted octanol–water partition coefficient (Wildman–Crippen LogP) is 3.03. The summed E-state index contributed by atoms with van der Waals surface area (Å²) in [6.07, 6.45) is 4.20. The van der Waals surface area contributed by atoms with Crippen molar-refractivity contribution in [2.45, 2.75) is 31.8 Å². The number of morpholine rings is 1. The Morgan fingerprint density at radius 1 is 1.21 bits per heavy atom. The third-order valence-electron chi connectivity index (χ3n) is 6.05. The van der Waals surface area contributed by atoms with E-state index in [1.165, 1.54) is 0 Å². The molecule has 2 saturated heterocycles. The number of hydrogen-bond acceptors (Lipinski definition) is 5. The van der Waals surface area contributed by atoms with E-state index in [4.69, 9.17) is 4.74 Å². The number of pyridine rings is 1. The molecule has 0 radical (unpaired) electrons. The summed E-state index contributed by atoms with van der Waals surface area (Å²) in [6.45, 7) is 5.41. The van der Waals surface area contributed by atoms with Gasteiger partial charge in [-0.25, -0.2) is 4.98 Å². The minimum Gasteiger partial charge on any atom is -0.371 e. The fourth-order valence-corrected chi connectivity index (χ4v) is 4.39. The molecule has 2 fully saturated rings. The van der Waals surface area contributed by atoms with Gasteiger partial charge in [0.15, 0.2) is 0 Å². The Morgan fingerprint density at radius 2 is 2.00 bits per heavy atom. The van der Waals surface area contributed by atoms with Crippen molar-refractivity contribution >= 4 is 11.7 Å². The van der Waals surface area contributed by atoms with Crippen molar-refractivity contribution in [1.82, 2.24) is 9.88 Å². The molecule has 2 aliphatic rings. The summed E-state index contributed by atoms with van der Waals surface area (Å²) in [7, 11) is 0. The average Bonchev–Trinajstić information content (AvgIpc) is 2.79. The summed E-state index contributed by atoms with van der Waals surface area (Å²) in [5, 5.41) is 9.35. The van der Waals surface area contributed by atoms with Crippen LogP contribution in [-0.2, 0) is 11.2 Å². The number of aromatic nitrogens is 1. The molecule has 1 amide bonds. The van der Waals surface area contributed by atoms with E-state index in [0.29, 0.717) is 25.3 Å². The van der Waals surface area contributed by atoms with Gasteiger partial charge in [-0.05, 0) is 43.0 Å². The molecule has 3 heterocycles. The smallest absolute Gasteiger partial charge is 0.254 e. The van der Waals surface area contributed by atoms with E-state index in [2.05, 4.69) is 22.9 Å². The molecule has 1 aromatic heterocycles. The zero-order valence-corrected chi connectivity index (χ0v) is 16.8. The number of hydrogen-bond donors (Lipinski definition) is 0. The van der Waals surface area contributed by atoms with E-state index >= 15 is 0 Å². The van der Waals surface area contributed by atoms with Gasteiger partial charge in [0.05, 0.1) is 24.3 Å². The molecule has 6 nitrogen and oxygen atoms in total. The second-order valence-electron chi connectivity index (χ2n) is 7.74. The number of ether oxygens (including phenoxy) is 1. The van der Waals surface area contributed by atoms with Crippen LogP contribution in [0.25, 0.3) is 0 Å². The molecule has 0 aliphatic carbocycles. The number of rotatable bonds is 3. The maximum atomic E-state index is 13.2. The van der Waals surface area contributed by atoms with Crippen LogP contribution >= 0.6 is 0 Å². The molecule has 0 N–H and O–H groups in total. The molecule has 6 heteroatoms. The number of carbonyl (C=O) groups is 1. The van der Waals surface area contributed by atoms with Gasteiger partial charge in [0, 0.05) is 31.4 Å². The van der Waals surface area contributed by atoms with Gasteiger partial charge in [0.1, 0.15) is 11.9 Å². The van der Waals surface area contributed by atoms with Crippen molar-refractivity contribution < 1.29 is 9.53 Å². The number of aryl methyl sites for hydroxylation is 1. The Bertz CT molecular complexity index is 928. The van der Waals surface area contributed by atoms with E-state index in [1.807, 2.05) is 29.2 Å². The number of piperidine rings is 1. The second-order valence-corrected chi connectivity index (χ2v) is 7.74. The third kappa shape index (κ3) is 3.83. The summed E-state index contributed by atoms with van der Waals surface area (Å²) in [6, 6.07) is 13.7. The quantitative estimate of drug-likeness (QED) is 0.806. The highest BCUT2D eigenvalue weighted by Gasteiger charge is 2.41. The highest BCUT2D eigenvalue weighted by atomic mass is 16.5. The Kier molecular flexibility index (Phi) is 5.50. The first-order valence-electron chi connectivity index (χ1n) is 10.3. The Morgan fingerprint density at radius 3 is 2.76 bits per heavy atom. The zero-order chi connectivity index (χ0) is 20.3. The zero-order valence-electron chi connectivity index (χ0n) is 16.8. The maximum absolute atomic E-state index is 13.2. The number of anilines is 1. The summed E-state index contributed by atoms with van der Waals surface area (Å²) in [4.78, 5) is 21.7. The van der Waals surface area contributed by atoms with Gasteiger partial charge in [0.2, 0.25) is 0 Å². The summed E-state index contributed by atoms with van der Waals surface area (Å²) in [5.41, 5.74) is 2.18. The van der Waals surface area contributed by atoms with Gasteiger partial charge in [-0.3, -0.25) is 4.79 Å². The van der Waals surface area contributed by atoms with E-state index in [-0.39, 0.29) is 11.5 Å². The van der Waals surface area contributed by atoms with Crippen molar-refractivity contribution in [3.63, 3.8) is 0 Å². The molecule has 0 saturated carbocycles. The van der Waals surface area contributed by atoms with Crippen LogP contribution in [0.4, 0.5) is 5.82 Å². The molecule has 2 aromatic rings. The first kappa shape index (κ1) is 19.4. The average molecular weight is 390 g/mol. The van der Waals surface area contributed by atoms with Gasteiger partial charge in [-0.15, -0.1) is 0 Å². The lowest BCUT2D eigenvalue weighted by Gasteiger charge is -2.47. The third-order valence-corrected chi connectivity index (χ3v) is 6.05.